The molecule has 0 fully saturated rings. The molecule has 0 aromatic heterocycles. The second-order valence-corrected chi connectivity index (χ2v) is 5.04. The first-order valence-corrected chi connectivity index (χ1v) is 5.55. The summed E-state index contributed by atoms with van der Waals surface area (Å²) < 4.78 is 22.4. The number of benzene rings is 1. The number of hydrogen-bond acceptors (Lipinski definition) is 4. The van der Waals surface area contributed by atoms with Crippen LogP contribution in [-0.4, -0.2) is 17.4 Å². The van der Waals surface area contributed by atoms with Gasteiger partial charge in [-0.3, -0.25) is 0 Å². The topological polar surface area (TPSA) is 80.5 Å². The Morgan fingerprint density at radius 1 is 1.33 bits per heavy atom. The summed E-state index contributed by atoms with van der Waals surface area (Å²) in [5, 5.41) is 9.00. The summed E-state index contributed by atoms with van der Waals surface area (Å²) in [7, 11) is -4.26. The number of aryl methyl sites for hydroxylation is 1. The standard InChI is InChI=1S/C7H7ClN2O4S/c1-6-2-4-7(5-3-6)15(13,14)9(8)10(11)12/h2-5H,1H3. The Kier molecular flexibility index (Phi) is 3.15. The number of hydrogen-bond donors (Lipinski definition) is 0. The van der Waals surface area contributed by atoms with Crippen molar-refractivity contribution in [2.24, 2.45) is 0 Å². The summed E-state index contributed by atoms with van der Waals surface area (Å²) in [5.41, 5.74) is 0.844. The number of hydrazine groups is 1. The SMILES string of the molecule is Cc1ccc(S(=O)(=O)N(Cl)[N+](=O)[O-])cc1. The number of nitrogens with zero attached hydrogens (tertiary/aromatic N) is 2. The maximum Gasteiger partial charge on any atom is 0.330 e. The Balaban J connectivity index is 3.17. The zero-order chi connectivity index (χ0) is 11.6. The van der Waals surface area contributed by atoms with Gasteiger partial charge in [-0.05, 0) is 19.1 Å². The van der Waals surface area contributed by atoms with E-state index in [1.807, 2.05) is 0 Å². The van der Waals surface area contributed by atoms with Crippen molar-refractivity contribution in [2.45, 2.75) is 11.8 Å². The van der Waals surface area contributed by atoms with E-state index in [-0.39, 0.29) is 4.90 Å². The third kappa shape index (κ3) is 2.37. The van der Waals surface area contributed by atoms with Crippen LogP contribution in [0.1, 0.15) is 5.56 Å². The number of nitro groups is 1. The predicted octanol–water partition coefficient (Wildman–Crippen LogP) is 1.33. The van der Waals surface area contributed by atoms with Crippen molar-refractivity contribution in [1.82, 2.24) is 3.93 Å². The maximum absolute atomic E-state index is 11.4. The second kappa shape index (κ2) is 4.03. The monoisotopic (exact) mass is 250 g/mol. The summed E-state index contributed by atoms with van der Waals surface area (Å²) in [5.74, 6) is 0. The van der Waals surface area contributed by atoms with Crippen LogP contribution in [0.2, 0.25) is 0 Å². The number of rotatable bonds is 3. The van der Waals surface area contributed by atoms with Gasteiger partial charge in [-0.25, -0.2) is 10.1 Å². The van der Waals surface area contributed by atoms with Gasteiger partial charge in [0.1, 0.15) is 11.8 Å². The Morgan fingerprint density at radius 3 is 2.20 bits per heavy atom. The highest BCUT2D eigenvalue weighted by Gasteiger charge is 2.31. The van der Waals surface area contributed by atoms with E-state index in [9.17, 15) is 18.5 Å². The fourth-order valence-corrected chi connectivity index (χ4v) is 1.95. The molecule has 8 heteroatoms. The van der Waals surface area contributed by atoms with Gasteiger partial charge in [0.15, 0.2) is 5.03 Å². The molecular formula is C7H7ClN2O4S. The van der Waals surface area contributed by atoms with Gasteiger partial charge in [0.2, 0.25) is 0 Å². The molecule has 0 bridgehead atoms. The molecule has 0 unspecified atom stereocenters. The molecule has 0 saturated heterocycles. The molecule has 6 nitrogen and oxygen atoms in total. The van der Waals surface area contributed by atoms with Gasteiger partial charge >= 0.3 is 10.0 Å². The lowest BCUT2D eigenvalue weighted by Gasteiger charge is -2.05. The van der Waals surface area contributed by atoms with Crippen molar-refractivity contribution in [1.29, 1.82) is 0 Å². The highest BCUT2D eigenvalue weighted by Crippen LogP contribution is 2.17. The van der Waals surface area contributed by atoms with E-state index in [2.05, 4.69) is 0 Å². The molecule has 82 valence electrons. The lowest BCUT2D eigenvalue weighted by Crippen LogP contribution is -2.27. The van der Waals surface area contributed by atoms with Crippen molar-refractivity contribution in [3.63, 3.8) is 0 Å². The zero-order valence-corrected chi connectivity index (χ0v) is 9.20. The van der Waals surface area contributed by atoms with E-state index in [1.54, 1.807) is 6.92 Å². The minimum atomic E-state index is -4.26. The summed E-state index contributed by atoms with van der Waals surface area (Å²) in [4.78, 5) is 9.98. The Hall–Kier alpha value is -1.34. The molecule has 1 aromatic carbocycles. The fraction of sp³-hybridized carbons (Fsp3) is 0.143. The van der Waals surface area contributed by atoms with Crippen LogP contribution in [0.25, 0.3) is 0 Å². The van der Waals surface area contributed by atoms with Crippen LogP contribution in [0.4, 0.5) is 0 Å². The van der Waals surface area contributed by atoms with Gasteiger partial charge in [-0.15, -0.1) is 0 Å². The van der Waals surface area contributed by atoms with Crippen molar-refractivity contribution in [3.05, 3.63) is 39.9 Å². The van der Waals surface area contributed by atoms with Crippen LogP contribution in [0.5, 0.6) is 0 Å². The highest BCUT2D eigenvalue weighted by molar-refractivity contribution is 7.89. The second-order valence-electron chi connectivity index (χ2n) is 2.75. The van der Waals surface area contributed by atoms with E-state index in [4.69, 9.17) is 11.8 Å². The van der Waals surface area contributed by atoms with E-state index >= 15 is 0 Å². The van der Waals surface area contributed by atoms with Crippen LogP contribution < -0.4 is 0 Å². The van der Waals surface area contributed by atoms with Crippen molar-refractivity contribution < 1.29 is 13.5 Å². The molecule has 1 rings (SSSR count). The molecule has 0 spiro atoms. The molecule has 0 saturated carbocycles. The molecule has 0 aliphatic heterocycles. The van der Waals surface area contributed by atoms with E-state index < -0.39 is 19.0 Å². The first-order chi connectivity index (χ1) is 6.85. The molecule has 0 radical (unpaired) electrons. The first-order valence-electron chi connectivity index (χ1n) is 3.78. The summed E-state index contributed by atoms with van der Waals surface area (Å²) in [6.07, 6.45) is 0. The Bertz CT molecular complexity index is 470. The minimum absolute atomic E-state index is 0.222. The fourth-order valence-electron chi connectivity index (χ4n) is 0.885. The van der Waals surface area contributed by atoms with E-state index in [0.29, 0.717) is 0 Å². The normalized spacial score (nSPS) is 11.1. The van der Waals surface area contributed by atoms with Gasteiger partial charge in [0.05, 0.1) is 8.83 Å². The summed E-state index contributed by atoms with van der Waals surface area (Å²) in [6.45, 7) is 1.77. The van der Waals surface area contributed by atoms with E-state index in [1.165, 1.54) is 24.3 Å². The van der Waals surface area contributed by atoms with Crippen LogP contribution in [0.15, 0.2) is 29.2 Å². The molecule has 0 atom stereocenters. The van der Waals surface area contributed by atoms with Crippen LogP contribution >= 0.6 is 11.8 Å². The van der Waals surface area contributed by atoms with Gasteiger partial charge < -0.3 is 0 Å². The minimum Gasteiger partial charge on any atom is -0.233 e. The molecule has 0 heterocycles. The quantitative estimate of drug-likeness (QED) is 0.460. The van der Waals surface area contributed by atoms with Gasteiger partial charge in [0.25, 0.3) is 0 Å². The average molecular weight is 251 g/mol. The molecule has 0 N–H and O–H groups in total. The predicted molar refractivity (Wildman–Crippen MR) is 53.1 cm³/mol. The molecule has 0 aliphatic rings. The average Bonchev–Trinajstić information content (AvgIpc) is 2.17. The molecule has 0 amide bonds. The van der Waals surface area contributed by atoms with Gasteiger partial charge in [-0.2, -0.15) is 8.42 Å². The highest BCUT2D eigenvalue weighted by atomic mass is 35.5. The summed E-state index contributed by atoms with van der Waals surface area (Å²) in [6, 6.07) is 5.56. The van der Waals surface area contributed by atoms with Crippen LogP contribution in [0, 0.1) is 17.0 Å². The Labute approximate surface area is 91.4 Å². The van der Waals surface area contributed by atoms with Crippen LogP contribution in [0.3, 0.4) is 0 Å². The first kappa shape index (κ1) is 11.7. The van der Waals surface area contributed by atoms with E-state index in [0.717, 1.165) is 5.56 Å². The van der Waals surface area contributed by atoms with Gasteiger partial charge in [0, 0.05) is 0 Å². The number of sulfonamides is 1. The smallest absolute Gasteiger partial charge is 0.233 e. The molecular weight excluding hydrogens is 244 g/mol. The lowest BCUT2D eigenvalue weighted by molar-refractivity contribution is -0.588. The number of halogens is 1. The molecule has 15 heavy (non-hydrogen) atoms. The molecule has 1 aromatic rings. The molecule has 0 aliphatic carbocycles. The third-order valence-corrected chi connectivity index (χ3v) is 3.71. The summed E-state index contributed by atoms with van der Waals surface area (Å²) >= 11 is 5.03. The lowest BCUT2D eigenvalue weighted by atomic mass is 10.2. The third-order valence-electron chi connectivity index (χ3n) is 1.65. The zero-order valence-electron chi connectivity index (χ0n) is 7.62. The largest absolute Gasteiger partial charge is 0.330 e. The maximum atomic E-state index is 11.4. The van der Waals surface area contributed by atoms with Crippen molar-refractivity contribution in [3.8, 4) is 0 Å². The van der Waals surface area contributed by atoms with Crippen LogP contribution in [-0.2, 0) is 10.0 Å². The van der Waals surface area contributed by atoms with Gasteiger partial charge in [-0.1, -0.05) is 17.7 Å². The van der Waals surface area contributed by atoms with Crippen molar-refractivity contribution in [2.75, 3.05) is 0 Å². The van der Waals surface area contributed by atoms with Crippen molar-refractivity contribution >= 4 is 21.8 Å². The Morgan fingerprint density at radius 2 is 1.80 bits per heavy atom.